The standard InChI is InChI=1S/C16H27N3OS/c1-16(2,3)14-11-21-15(18-14)9-19-6-7-20-10-13(19)8-17-12-4-5-12/h11-13,17H,4-10H2,1-3H3. The zero-order valence-electron chi connectivity index (χ0n) is 13.4. The van der Waals surface area contributed by atoms with Gasteiger partial charge < -0.3 is 10.1 Å². The van der Waals surface area contributed by atoms with E-state index in [1.807, 2.05) is 0 Å². The molecule has 1 saturated carbocycles. The van der Waals surface area contributed by atoms with Crippen molar-refractivity contribution in [3.63, 3.8) is 0 Å². The highest BCUT2D eigenvalue weighted by Gasteiger charge is 2.27. The van der Waals surface area contributed by atoms with Crippen molar-refractivity contribution in [2.45, 2.75) is 57.7 Å². The molecule has 1 aliphatic heterocycles. The van der Waals surface area contributed by atoms with Crippen LogP contribution in [-0.2, 0) is 16.7 Å². The Labute approximate surface area is 131 Å². The van der Waals surface area contributed by atoms with Crippen LogP contribution >= 0.6 is 11.3 Å². The number of aromatic nitrogens is 1. The summed E-state index contributed by atoms with van der Waals surface area (Å²) in [4.78, 5) is 7.37. The minimum absolute atomic E-state index is 0.146. The van der Waals surface area contributed by atoms with Crippen molar-refractivity contribution < 1.29 is 4.74 Å². The molecule has 0 bridgehead atoms. The van der Waals surface area contributed by atoms with Crippen LogP contribution in [0.3, 0.4) is 0 Å². The molecular formula is C16H27N3OS. The molecule has 118 valence electrons. The van der Waals surface area contributed by atoms with Gasteiger partial charge in [-0.1, -0.05) is 20.8 Å². The van der Waals surface area contributed by atoms with E-state index in [9.17, 15) is 0 Å². The molecule has 0 radical (unpaired) electrons. The Kier molecular flexibility index (Phi) is 4.64. The second-order valence-corrected chi connectivity index (χ2v) is 8.20. The van der Waals surface area contributed by atoms with Gasteiger partial charge in [-0.05, 0) is 12.8 Å². The van der Waals surface area contributed by atoms with Crippen molar-refractivity contribution in [2.75, 3.05) is 26.3 Å². The lowest BCUT2D eigenvalue weighted by atomic mass is 9.93. The van der Waals surface area contributed by atoms with E-state index >= 15 is 0 Å². The van der Waals surface area contributed by atoms with Gasteiger partial charge >= 0.3 is 0 Å². The molecule has 4 nitrogen and oxygen atoms in total. The van der Waals surface area contributed by atoms with Crippen LogP contribution in [0.4, 0.5) is 0 Å². The van der Waals surface area contributed by atoms with Crippen LogP contribution in [0.25, 0.3) is 0 Å². The van der Waals surface area contributed by atoms with E-state index in [-0.39, 0.29) is 5.41 Å². The van der Waals surface area contributed by atoms with Crippen molar-refractivity contribution >= 4 is 11.3 Å². The Bertz CT molecular complexity index is 464. The second-order valence-electron chi connectivity index (χ2n) is 7.26. The van der Waals surface area contributed by atoms with Gasteiger partial charge in [0.25, 0.3) is 0 Å². The lowest BCUT2D eigenvalue weighted by Crippen LogP contribution is -2.50. The average molecular weight is 309 g/mol. The van der Waals surface area contributed by atoms with Crippen molar-refractivity contribution in [1.82, 2.24) is 15.2 Å². The lowest BCUT2D eigenvalue weighted by Gasteiger charge is -2.35. The zero-order valence-corrected chi connectivity index (χ0v) is 14.2. The number of hydrogen-bond donors (Lipinski definition) is 1. The number of rotatable bonds is 5. The number of ether oxygens (including phenoxy) is 1. The van der Waals surface area contributed by atoms with E-state index in [0.717, 1.165) is 38.9 Å². The monoisotopic (exact) mass is 309 g/mol. The summed E-state index contributed by atoms with van der Waals surface area (Å²) in [7, 11) is 0. The number of hydrogen-bond acceptors (Lipinski definition) is 5. The maximum atomic E-state index is 5.66. The summed E-state index contributed by atoms with van der Waals surface area (Å²) >= 11 is 1.79. The Morgan fingerprint density at radius 3 is 2.90 bits per heavy atom. The van der Waals surface area contributed by atoms with Crippen molar-refractivity contribution in [1.29, 1.82) is 0 Å². The SMILES string of the molecule is CC(C)(C)c1csc(CN2CCOCC2CNC2CC2)n1. The van der Waals surface area contributed by atoms with Crippen molar-refractivity contribution in [3.8, 4) is 0 Å². The van der Waals surface area contributed by atoms with Crippen LogP contribution in [-0.4, -0.2) is 48.3 Å². The molecule has 1 N–H and O–H groups in total. The topological polar surface area (TPSA) is 37.4 Å². The number of nitrogens with one attached hydrogen (secondary N) is 1. The Balaban J connectivity index is 1.59. The normalized spacial score (nSPS) is 24.4. The highest BCUT2D eigenvalue weighted by atomic mass is 32.1. The Hall–Kier alpha value is -0.490. The number of morpholine rings is 1. The Morgan fingerprint density at radius 2 is 2.24 bits per heavy atom. The third-order valence-electron chi connectivity index (χ3n) is 4.23. The molecule has 0 aromatic carbocycles. The molecule has 0 spiro atoms. The smallest absolute Gasteiger partial charge is 0.107 e. The van der Waals surface area contributed by atoms with Gasteiger partial charge in [-0.15, -0.1) is 11.3 Å². The summed E-state index contributed by atoms with van der Waals surface area (Å²) in [5.74, 6) is 0. The molecule has 1 atom stereocenters. The number of nitrogens with zero attached hydrogens (tertiary/aromatic N) is 2. The van der Waals surface area contributed by atoms with Gasteiger partial charge in [0.1, 0.15) is 5.01 Å². The molecule has 5 heteroatoms. The third kappa shape index (κ3) is 4.25. The predicted molar refractivity (Wildman–Crippen MR) is 86.9 cm³/mol. The summed E-state index contributed by atoms with van der Waals surface area (Å²) in [5, 5.41) is 7.08. The van der Waals surface area contributed by atoms with Crippen LogP contribution in [0.2, 0.25) is 0 Å². The van der Waals surface area contributed by atoms with Crippen LogP contribution in [0.5, 0.6) is 0 Å². The number of thiazole rings is 1. The zero-order chi connectivity index (χ0) is 14.9. The van der Waals surface area contributed by atoms with Gasteiger partial charge in [-0.2, -0.15) is 0 Å². The summed E-state index contributed by atoms with van der Waals surface area (Å²) < 4.78 is 5.66. The summed E-state index contributed by atoms with van der Waals surface area (Å²) in [6.07, 6.45) is 2.68. The maximum absolute atomic E-state index is 5.66. The first-order valence-electron chi connectivity index (χ1n) is 8.02. The first kappa shape index (κ1) is 15.4. The van der Waals surface area contributed by atoms with Gasteiger partial charge in [0.05, 0.1) is 25.5 Å². The van der Waals surface area contributed by atoms with E-state index in [0.29, 0.717) is 6.04 Å². The fraction of sp³-hybridized carbons (Fsp3) is 0.812. The predicted octanol–water partition coefficient (Wildman–Crippen LogP) is 2.39. The van der Waals surface area contributed by atoms with E-state index in [1.165, 1.54) is 23.5 Å². The first-order chi connectivity index (χ1) is 10.0. The molecule has 1 aromatic rings. The minimum atomic E-state index is 0.146. The van der Waals surface area contributed by atoms with E-state index in [1.54, 1.807) is 11.3 Å². The molecule has 21 heavy (non-hydrogen) atoms. The van der Waals surface area contributed by atoms with Gasteiger partial charge in [-0.25, -0.2) is 4.98 Å². The van der Waals surface area contributed by atoms with Crippen LogP contribution < -0.4 is 5.32 Å². The van der Waals surface area contributed by atoms with Gasteiger partial charge in [0, 0.05) is 36.0 Å². The van der Waals surface area contributed by atoms with Crippen LogP contribution in [0.1, 0.15) is 44.3 Å². The Morgan fingerprint density at radius 1 is 1.43 bits per heavy atom. The molecule has 1 aromatic heterocycles. The van der Waals surface area contributed by atoms with Crippen LogP contribution in [0, 0.1) is 0 Å². The van der Waals surface area contributed by atoms with E-state index in [2.05, 4.69) is 36.4 Å². The highest BCUT2D eigenvalue weighted by Crippen LogP contribution is 2.25. The fourth-order valence-corrected chi connectivity index (χ4v) is 3.62. The molecule has 1 aliphatic carbocycles. The summed E-state index contributed by atoms with van der Waals surface area (Å²) in [5.41, 5.74) is 1.36. The summed E-state index contributed by atoms with van der Waals surface area (Å²) in [6, 6.07) is 1.25. The lowest BCUT2D eigenvalue weighted by molar-refractivity contribution is -0.0111. The fourth-order valence-electron chi connectivity index (χ4n) is 2.58. The summed E-state index contributed by atoms with van der Waals surface area (Å²) in [6.45, 7) is 11.4. The molecule has 2 heterocycles. The van der Waals surface area contributed by atoms with Crippen molar-refractivity contribution in [3.05, 3.63) is 16.1 Å². The second kappa shape index (κ2) is 6.32. The van der Waals surface area contributed by atoms with Gasteiger partial charge in [0.2, 0.25) is 0 Å². The minimum Gasteiger partial charge on any atom is -0.378 e. The highest BCUT2D eigenvalue weighted by molar-refractivity contribution is 7.09. The van der Waals surface area contributed by atoms with Gasteiger partial charge in [-0.3, -0.25) is 4.90 Å². The molecule has 1 unspecified atom stereocenters. The largest absolute Gasteiger partial charge is 0.378 e. The molecule has 0 amide bonds. The van der Waals surface area contributed by atoms with E-state index in [4.69, 9.17) is 9.72 Å². The molecular weight excluding hydrogens is 282 g/mol. The first-order valence-corrected chi connectivity index (χ1v) is 8.90. The molecule has 1 saturated heterocycles. The molecule has 2 fully saturated rings. The van der Waals surface area contributed by atoms with E-state index < -0.39 is 0 Å². The maximum Gasteiger partial charge on any atom is 0.107 e. The molecule has 2 aliphatic rings. The average Bonchev–Trinajstić information content (AvgIpc) is 3.14. The quantitative estimate of drug-likeness (QED) is 0.906. The third-order valence-corrected chi connectivity index (χ3v) is 5.06. The van der Waals surface area contributed by atoms with Crippen molar-refractivity contribution in [2.24, 2.45) is 0 Å². The van der Waals surface area contributed by atoms with Crippen LogP contribution in [0.15, 0.2) is 5.38 Å². The molecule has 3 rings (SSSR count). The van der Waals surface area contributed by atoms with Gasteiger partial charge in [0.15, 0.2) is 0 Å².